The molecule has 5 heteroatoms. The van der Waals surface area contributed by atoms with Gasteiger partial charge in [-0.15, -0.1) is 0 Å². The molecule has 0 aromatic rings. The molecular formula is C7H12N2O3. The summed E-state index contributed by atoms with van der Waals surface area (Å²) in [6.07, 6.45) is 0. The quantitative estimate of drug-likeness (QED) is 0.406. The van der Waals surface area contributed by atoms with E-state index in [1.165, 1.54) is 0 Å². The molecule has 68 valence electrons. The normalized spacial score (nSPS) is 21.1. The molecule has 1 unspecified atom stereocenters. The number of hydrogen-bond acceptors (Lipinski definition) is 4. The van der Waals surface area contributed by atoms with Gasteiger partial charge in [0.2, 0.25) is 5.91 Å². The standard InChI is InChI=1S/C7H12N2O3/c1-2-12-6(10)4-8-5-3-9-7(5)11/h5,8H,2-4H2,1H3,(H,9,11). The van der Waals surface area contributed by atoms with Crippen molar-refractivity contribution in [3.05, 3.63) is 0 Å². The van der Waals surface area contributed by atoms with Crippen LogP contribution in [0.4, 0.5) is 0 Å². The molecular weight excluding hydrogens is 160 g/mol. The van der Waals surface area contributed by atoms with Gasteiger partial charge in [-0.1, -0.05) is 0 Å². The Balaban J connectivity index is 2.08. The zero-order valence-corrected chi connectivity index (χ0v) is 6.92. The first-order valence-corrected chi connectivity index (χ1v) is 3.90. The van der Waals surface area contributed by atoms with Gasteiger partial charge in [-0.2, -0.15) is 0 Å². The molecule has 12 heavy (non-hydrogen) atoms. The van der Waals surface area contributed by atoms with Gasteiger partial charge in [0.15, 0.2) is 0 Å². The smallest absolute Gasteiger partial charge is 0.319 e. The maximum Gasteiger partial charge on any atom is 0.319 e. The van der Waals surface area contributed by atoms with Gasteiger partial charge in [-0.05, 0) is 6.92 Å². The average Bonchev–Trinajstić information content (AvgIpc) is 2.03. The number of ether oxygens (including phenoxy) is 1. The number of β-lactam (4-membered cyclic amide) rings is 1. The van der Waals surface area contributed by atoms with Crippen LogP contribution in [0.3, 0.4) is 0 Å². The highest BCUT2D eigenvalue weighted by Gasteiger charge is 2.27. The lowest BCUT2D eigenvalue weighted by atomic mass is 10.1. The minimum Gasteiger partial charge on any atom is -0.465 e. The molecule has 5 nitrogen and oxygen atoms in total. The summed E-state index contributed by atoms with van der Waals surface area (Å²) in [5.41, 5.74) is 0. The van der Waals surface area contributed by atoms with Gasteiger partial charge in [0.1, 0.15) is 6.04 Å². The van der Waals surface area contributed by atoms with Crippen LogP contribution in [0, 0.1) is 0 Å². The summed E-state index contributed by atoms with van der Waals surface area (Å²) in [4.78, 5) is 21.5. The molecule has 1 fully saturated rings. The van der Waals surface area contributed by atoms with Crippen LogP contribution in [0.5, 0.6) is 0 Å². The fourth-order valence-electron chi connectivity index (χ4n) is 0.871. The molecule has 1 aliphatic heterocycles. The number of amides is 1. The molecule has 0 spiro atoms. The Morgan fingerprint density at radius 3 is 3.00 bits per heavy atom. The lowest BCUT2D eigenvalue weighted by molar-refractivity contribution is -0.142. The zero-order chi connectivity index (χ0) is 8.97. The van der Waals surface area contributed by atoms with Crippen LogP contribution in [0.1, 0.15) is 6.92 Å². The van der Waals surface area contributed by atoms with E-state index in [4.69, 9.17) is 0 Å². The third-order valence-corrected chi connectivity index (χ3v) is 1.60. The summed E-state index contributed by atoms with van der Waals surface area (Å²) in [5, 5.41) is 5.33. The highest BCUT2D eigenvalue weighted by Crippen LogP contribution is 1.92. The molecule has 0 aromatic heterocycles. The molecule has 1 heterocycles. The molecule has 0 bridgehead atoms. The van der Waals surface area contributed by atoms with Gasteiger partial charge in [0, 0.05) is 6.54 Å². The second-order valence-corrected chi connectivity index (χ2v) is 2.48. The number of carbonyl (C=O) groups excluding carboxylic acids is 2. The van der Waals surface area contributed by atoms with Gasteiger partial charge in [0.05, 0.1) is 13.2 Å². The van der Waals surface area contributed by atoms with Gasteiger partial charge >= 0.3 is 5.97 Å². The number of carbonyl (C=O) groups is 2. The van der Waals surface area contributed by atoms with Crippen LogP contribution in [0.2, 0.25) is 0 Å². The molecule has 0 aliphatic carbocycles. The van der Waals surface area contributed by atoms with Crippen molar-refractivity contribution in [2.24, 2.45) is 0 Å². The summed E-state index contributed by atoms with van der Waals surface area (Å²) in [6.45, 7) is 2.81. The molecule has 1 aliphatic rings. The van der Waals surface area contributed by atoms with Crippen molar-refractivity contribution in [1.29, 1.82) is 0 Å². The third-order valence-electron chi connectivity index (χ3n) is 1.60. The summed E-state index contributed by atoms with van der Waals surface area (Å²) in [5.74, 6) is -0.378. The first-order chi connectivity index (χ1) is 5.74. The zero-order valence-electron chi connectivity index (χ0n) is 6.92. The lowest BCUT2D eigenvalue weighted by Gasteiger charge is -2.26. The summed E-state index contributed by atoms with van der Waals surface area (Å²) >= 11 is 0. The number of hydrogen-bond donors (Lipinski definition) is 2. The molecule has 0 aromatic carbocycles. The van der Waals surface area contributed by atoms with E-state index < -0.39 is 0 Å². The Morgan fingerprint density at radius 2 is 2.58 bits per heavy atom. The number of nitrogens with one attached hydrogen (secondary N) is 2. The van der Waals surface area contributed by atoms with Crippen molar-refractivity contribution in [2.45, 2.75) is 13.0 Å². The predicted molar refractivity (Wildman–Crippen MR) is 41.4 cm³/mol. The van der Waals surface area contributed by atoms with Crippen molar-refractivity contribution in [1.82, 2.24) is 10.6 Å². The summed E-state index contributed by atoms with van der Waals surface area (Å²) in [7, 11) is 0. The Labute approximate surface area is 70.5 Å². The maximum atomic E-state index is 10.8. The van der Waals surface area contributed by atoms with Crippen LogP contribution in [0.25, 0.3) is 0 Å². The maximum absolute atomic E-state index is 10.8. The van der Waals surface area contributed by atoms with Crippen molar-refractivity contribution in [2.75, 3.05) is 19.7 Å². The van der Waals surface area contributed by atoms with E-state index in [0.29, 0.717) is 13.2 Å². The first kappa shape index (κ1) is 8.99. The highest BCUT2D eigenvalue weighted by molar-refractivity contribution is 5.88. The average molecular weight is 172 g/mol. The monoisotopic (exact) mass is 172 g/mol. The molecule has 1 amide bonds. The van der Waals surface area contributed by atoms with Crippen LogP contribution < -0.4 is 10.6 Å². The molecule has 2 N–H and O–H groups in total. The molecule has 1 atom stereocenters. The minimum absolute atomic E-state index is 0.0562. The number of rotatable bonds is 4. The molecule has 0 saturated carbocycles. The second-order valence-electron chi connectivity index (χ2n) is 2.48. The topological polar surface area (TPSA) is 67.4 Å². The van der Waals surface area contributed by atoms with Crippen molar-refractivity contribution < 1.29 is 14.3 Å². The van der Waals surface area contributed by atoms with Gasteiger partial charge in [-0.25, -0.2) is 0 Å². The van der Waals surface area contributed by atoms with Crippen LogP contribution in [-0.2, 0) is 14.3 Å². The van der Waals surface area contributed by atoms with Crippen LogP contribution in [-0.4, -0.2) is 37.6 Å². The van der Waals surface area contributed by atoms with E-state index in [1.54, 1.807) is 6.92 Å². The third kappa shape index (κ3) is 2.20. The van der Waals surface area contributed by atoms with Crippen molar-refractivity contribution >= 4 is 11.9 Å². The van der Waals surface area contributed by atoms with Crippen LogP contribution in [0.15, 0.2) is 0 Å². The molecule has 1 rings (SSSR count). The Hall–Kier alpha value is -1.10. The van der Waals surface area contributed by atoms with Crippen molar-refractivity contribution in [3.8, 4) is 0 Å². The van der Waals surface area contributed by atoms with E-state index in [0.717, 1.165) is 0 Å². The van der Waals surface area contributed by atoms with Crippen LogP contribution >= 0.6 is 0 Å². The largest absolute Gasteiger partial charge is 0.465 e. The van der Waals surface area contributed by atoms with E-state index >= 15 is 0 Å². The van der Waals surface area contributed by atoms with E-state index in [1.807, 2.05) is 0 Å². The van der Waals surface area contributed by atoms with Gasteiger partial charge in [0.25, 0.3) is 0 Å². The van der Waals surface area contributed by atoms with Gasteiger partial charge < -0.3 is 10.1 Å². The molecule has 0 radical (unpaired) electrons. The van der Waals surface area contributed by atoms with E-state index in [2.05, 4.69) is 15.4 Å². The second kappa shape index (κ2) is 4.06. The minimum atomic E-state index is -0.322. The Morgan fingerprint density at radius 1 is 1.83 bits per heavy atom. The first-order valence-electron chi connectivity index (χ1n) is 3.90. The van der Waals surface area contributed by atoms with E-state index in [9.17, 15) is 9.59 Å². The van der Waals surface area contributed by atoms with Crippen molar-refractivity contribution in [3.63, 3.8) is 0 Å². The Kier molecular flexibility index (Phi) is 3.04. The summed E-state index contributed by atoms with van der Waals surface area (Å²) < 4.78 is 4.66. The van der Waals surface area contributed by atoms with Gasteiger partial charge in [-0.3, -0.25) is 14.9 Å². The Bertz CT molecular complexity index is 193. The summed E-state index contributed by atoms with van der Waals surface area (Å²) in [6, 6.07) is -0.214. The fraction of sp³-hybridized carbons (Fsp3) is 0.714. The SMILES string of the molecule is CCOC(=O)CNC1CNC1=O. The highest BCUT2D eigenvalue weighted by atomic mass is 16.5. The number of esters is 1. The molecule has 1 saturated heterocycles. The fourth-order valence-corrected chi connectivity index (χ4v) is 0.871. The predicted octanol–water partition coefficient (Wildman–Crippen LogP) is -1.36. The lowest BCUT2D eigenvalue weighted by Crippen LogP contribution is -2.61. The van der Waals surface area contributed by atoms with E-state index in [-0.39, 0.29) is 24.5 Å².